The Morgan fingerprint density at radius 3 is 2.66 bits per heavy atom. The normalized spacial score (nSPS) is 14.8. The summed E-state index contributed by atoms with van der Waals surface area (Å²) in [4.78, 5) is 5.21. The van der Waals surface area contributed by atoms with Crippen LogP contribution in [0.15, 0.2) is 127 Å². The molecule has 6 rings (SSSR count). The number of fused-ring (bicyclic) bond motifs is 6. The van der Waals surface area contributed by atoms with E-state index in [1.165, 1.54) is 60.9 Å². The molecule has 5 aromatic rings. The second-order valence-corrected chi connectivity index (χ2v) is 11.6. The first-order valence-electron chi connectivity index (χ1n) is 15.7. The fourth-order valence-electron chi connectivity index (χ4n) is 6.15. The van der Waals surface area contributed by atoms with Crippen molar-refractivity contribution >= 4 is 45.6 Å². The molecule has 0 amide bonds. The smallest absolute Gasteiger partial charge is 0.145 e. The van der Waals surface area contributed by atoms with Gasteiger partial charge in [-0.25, -0.2) is 4.98 Å². The van der Waals surface area contributed by atoms with Crippen LogP contribution in [0, 0.1) is 0 Å². The second-order valence-electron chi connectivity index (χ2n) is 11.6. The van der Waals surface area contributed by atoms with Crippen molar-refractivity contribution in [2.75, 3.05) is 0 Å². The van der Waals surface area contributed by atoms with Crippen molar-refractivity contribution in [2.24, 2.45) is 0 Å². The molecule has 0 fully saturated rings. The fraction of sp³-hybridized carbons (Fsp3) is 0.167. The van der Waals surface area contributed by atoms with E-state index in [1.54, 1.807) is 6.08 Å². The average Bonchev–Trinajstić information content (AvgIpc) is 3.45. The lowest BCUT2D eigenvalue weighted by Crippen LogP contribution is -2.00. The molecular weight excluding hydrogens is 532 g/mol. The van der Waals surface area contributed by atoms with E-state index in [1.807, 2.05) is 24.3 Å². The highest BCUT2D eigenvalue weighted by Crippen LogP contribution is 2.33. The van der Waals surface area contributed by atoms with Crippen LogP contribution in [0.2, 0.25) is 0 Å². The molecule has 1 aliphatic carbocycles. The van der Waals surface area contributed by atoms with Crippen LogP contribution in [-0.2, 0) is 12.8 Å². The summed E-state index contributed by atoms with van der Waals surface area (Å²) in [5.74, 6) is 0.266. The largest absolute Gasteiger partial charge is 0.292 e. The minimum Gasteiger partial charge on any atom is -0.292 e. The van der Waals surface area contributed by atoms with E-state index in [4.69, 9.17) is 4.98 Å². The van der Waals surface area contributed by atoms with Gasteiger partial charge in [0.1, 0.15) is 5.65 Å². The summed E-state index contributed by atoms with van der Waals surface area (Å²) in [6.45, 7) is 10.3. The van der Waals surface area contributed by atoms with Crippen LogP contribution >= 0.6 is 0 Å². The van der Waals surface area contributed by atoms with E-state index >= 15 is 0 Å². The van der Waals surface area contributed by atoms with Gasteiger partial charge in [0.05, 0.1) is 16.9 Å². The molecule has 218 valence electrons. The predicted octanol–water partition coefficient (Wildman–Crippen LogP) is 11.2. The highest BCUT2D eigenvalue weighted by molar-refractivity contribution is 5.92. The number of rotatable bonds is 9. The van der Waals surface area contributed by atoms with E-state index in [2.05, 4.69) is 135 Å². The van der Waals surface area contributed by atoms with Crippen molar-refractivity contribution in [1.82, 2.24) is 9.38 Å². The zero-order valence-corrected chi connectivity index (χ0v) is 26.0. The summed E-state index contributed by atoms with van der Waals surface area (Å²) in [6, 6.07) is 22.3. The number of nitrogens with zero attached hydrogens (tertiary/aromatic N) is 2. The molecule has 2 aromatic heterocycles. The fourth-order valence-corrected chi connectivity index (χ4v) is 6.15. The molecule has 0 radical (unpaired) electrons. The number of imidazole rings is 1. The standard InChI is InChI=1S/C42H40N2/c1-5-7-8-9-10-15-30(3)20-22-32-23-24-35-29-33(25-26-34(35)28-32)31(4)21-27-38-36(6-2)37-16-11-13-18-40(37)44-41-19-14-12-17-39(41)43-42(38)44/h5,7-11,13-16,18-29,31H,1,6,12,17H2,2-4H3/b8-7+,10-9-,22-20+,27-21-,30-15+. The van der Waals surface area contributed by atoms with Crippen LogP contribution in [0.3, 0.4) is 0 Å². The van der Waals surface area contributed by atoms with Crippen LogP contribution < -0.4 is 0 Å². The highest BCUT2D eigenvalue weighted by Gasteiger charge is 2.20. The summed E-state index contributed by atoms with van der Waals surface area (Å²) in [5, 5.41) is 3.83. The topological polar surface area (TPSA) is 17.3 Å². The van der Waals surface area contributed by atoms with Crippen LogP contribution in [0.4, 0.5) is 0 Å². The Bertz CT molecular complexity index is 2040. The predicted molar refractivity (Wildman–Crippen MR) is 192 cm³/mol. The van der Waals surface area contributed by atoms with Gasteiger partial charge in [-0.1, -0.05) is 141 Å². The molecule has 1 atom stereocenters. The van der Waals surface area contributed by atoms with Gasteiger partial charge in [-0.3, -0.25) is 4.40 Å². The summed E-state index contributed by atoms with van der Waals surface area (Å²) >= 11 is 0. The maximum atomic E-state index is 5.21. The molecule has 2 heterocycles. The lowest BCUT2D eigenvalue weighted by atomic mass is 9.94. The summed E-state index contributed by atoms with van der Waals surface area (Å²) in [6.07, 6.45) is 28.4. The maximum Gasteiger partial charge on any atom is 0.145 e. The molecule has 0 N–H and O–H groups in total. The summed E-state index contributed by atoms with van der Waals surface area (Å²) in [7, 11) is 0. The molecular formula is C42H40N2. The zero-order chi connectivity index (χ0) is 30.5. The van der Waals surface area contributed by atoms with Crippen LogP contribution in [-0.4, -0.2) is 9.38 Å². The van der Waals surface area contributed by atoms with Crippen LogP contribution in [0.1, 0.15) is 66.8 Å². The highest BCUT2D eigenvalue weighted by atomic mass is 15.0. The SMILES string of the molecule is C=C/C=C/C=C\C=C(C)\C=C\c1ccc2cc(C(C)/C=C\c3c(CC)c4ccccc4n4c5c(nc34)CCC=C5)ccc2c1. The molecule has 44 heavy (non-hydrogen) atoms. The second kappa shape index (κ2) is 13.1. The monoisotopic (exact) mass is 572 g/mol. The molecule has 2 heteroatoms. The van der Waals surface area contributed by atoms with Gasteiger partial charge in [-0.15, -0.1) is 0 Å². The molecule has 0 bridgehead atoms. The first kappa shape index (κ1) is 29.1. The van der Waals surface area contributed by atoms with Crippen molar-refractivity contribution in [1.29, 1.82) is 0 Å². The van der Waals surface area contributed by atoms with Gasteiger partial charge in [-0.05, 0) is 77.8 Å². The number of aromatic nitrogens is 2. The number of para-hydroxylation sites is 1. The van der Waals surface area contributed by atoms with Crippen molar-refractivity contribution in [2.45, 2.75) is 46.0 Å². The van der Waals surface area contributed by atoms with E-state index in [0.717, 1.165) is 24.9 Å². The molecule has 0 saturated carbocycles. The van der Waals surface area contributed by atoms with Crippen molar-refractivity contribution in [3.8, 4) is 0 Å². The molecule has 3 aromatic carbocycles. The average molecular weight is 573 g/mol. The molecule has 0 saturated heterocycles. The van der Waals surface area contributed by atoms with Gasteiger partial charge >= 0.3 is 0 Å². The Balaban J connectivity index is 1.28. The first-order valence-corrected chi connectivity index (χ1v) is 15.7. The summed E-state index contributed by atoms with van der Waals surface area (Å²) < 4.78 is 2.38. The first-order chi connectivity index (χ1) is 21.6. The Morgan fingerprint density at radius 2 is 1.80 bits per heavy atom. The van der Waals surface area contributed by atoms with Gasteiger partial charge in [0.15, 0.2) is 0 Å². The minimum absolute atomic E-state index is 0.266. The molecule has 0 spiro atoms. The van der Waals surface area contributed by atoms with Crippen molar-refractivity contribution in [3.05, 3.63) is 161 Å². The number of allylic oxidation sites excluding steroid dienone is 10. The third kappa shape index (κ3) is 5.94. The van der Waals surface area contributed by atoms with Gasteiger partial charge in [0.25, 0.3) is 0 Å². The Kier molecular flexibility index (Phi) is 8.70. The number of hydrogen-bond donors (Lipinski definition) is 0. The Morgan fingerprint density at radius 1 is 0.977 bits per heavy atom. The molecule has 0 aliphatic heterocycles. The number of pyridine rings is 1. The maximum absolute atomic E-state index is 5.21. The van der Waals surface area contributed by atoms with E-state index in [9.17, 15) is 0 Å². The van der Waals surface area contributed by atoms with Gasteiger partial charge in [-0.2, -0.15) is 0 Å². The zero-order valence-electron chi connectivity index (χ0n) is 26.0. The molecule has 2 nitrogen and oxygen atoms in total. The third-order valence-electron chi connectivity index (χ3n) is 8.54. The van der Waals surface area contributed by atoms with Crippen molar-refractivity contribution in [3.63, 3.8) is 0 Å². The Labute approximate surface area is 261 Å². The lowest BCUT2D eigenvalue weighted by Gasteiger charge is -2.15. The summed E-state index contributed by atoms with van der Waals surface area (Å²) in [5.41, 5.74) is 11.1. The van der Waals surface area contributed by atoms with Crippen molar-refractivity contribution < 1.29 is 0 Å². The molecule has 1 aliphatic rings. The Hall–Kier alpha value is -4.95. The minimum atomic E-state index is 0.266. The van der Waals surface area contributed by atoms with Gasteiger partial charge < -0.3 is 0 Å². The van der Waals surface area contributed by atoms with Gasteiger partial charge in [0, 0.05) is 10.9 Å². The third-order valence-corrected chi connectivity index (χ3v) is 8.54. The van der Waals surface area contributed by atoms with E-state index in [-0.39, 0.29) is 5.92 Å². The quantitative estimate of drug-likeness (QED) is 0.161. The van der Waals surface area contributed by atoms with Crippen LogP contribution in [0.5, 0.6) is 0 Å². The number of benzene rings is 3. The lowest BCUT2D eigenvalue weighted by molar-refractivity contribution is 0.943. The van der Waals surface area contributed by atoms with E-state index in [0.29, 0.717) is 0 Å². The van der Waals surface area contributed by atoms with Crippen LogP contribution in [0.25, 0.3) is 45.6 Å². The van der Waals surface area contributed by atoms with Gasteiger partial charge in [0.2, 0.25) is 0 Å². The number of aryl methyl sites for hydroxylation is 2. The number of hydrogen-bond acceptors (Lipinski definition) is 1. The van der Waals surface area contributed by atoms with E-state index < -0.39 is 0 Å². The molecule has 1 unspecified atom stereocenters.